The summed E-state index contributed by atoms with van der Waals surface area (Å²) < 4.78 is 6.37. The molecular weight excluding hydrogens is 366 g/mol. The Morgan fingerprint density at radius 3 is 2.63 bits per heavy atom. The molecule has 7 heteroatoms. The van der Waals surface area contributed by atoms with E-state index in [1.54, 1.807) is 34.9 Å². The molecule has 6 nitrogen and oxygen atoms in total. The van der Waals surface area contributed by atoms with Gasteiger partial charge in [-0.25, -0.2) is 14.3 Å². The zero-order chi connectivity index (χ0) is 19.0. The summed E-state index contributed by atoms with van der Waals surface area (Å²) in [5, 5.41) is 0.985. The summed E-state index contributed by atoms with van der Waals surface area (Å²) in [7, 11) is 1.33. The molecule has 0 unspecified atom stereocenters. The molecule has 3 aromatic rings. The SMILES string of the molecule is COC(=O)c1ccc2c(=O)n(-c3cccc(Cl)c3)c(N3CCCC3)nc2c1. The van der Waals surface area contributed by atoms with Crippen LogP contribution in [-0.4, -0.2) is 35.7 Å². The fraction of sp³-hybridized carbons (Fsp3) is 0.250. The highest BCUT2D eigenvalue weighted by molar-refractivity contribution is 6.30. The van der Waals surface area contributed by atoms with E-state index in [1.165, 1.54) is 7.11 Å². The van der Waals surface area contributed by atoms with Crippen molar-refractivity contribution >= 4 is 34.4 Å². The lowest BCUT2D eigenvalue weighted by Crippen LogP contribution is -2.30. The maximum absolute atomic E-state index is 13.3. The third-order valence-electron chi connectivity index (χ3n) is 4.73. The number of carbonyl (C=O) groups is 1. The smallest absolute Gasteiger partial charge is 0.337 e. The van der Waals surface area contributed by atoms with E-state index in [1.807, 2.05) is 12.1 Å². The topological polar surface area (TPSA) is 64.4 Å². The number of hydrogen-bond donors (Lipinski definition) is 0. The zero-order valence-electron chi connectivity index (χ0n) is 14.8. The molecule has 0 radical (unpaired) electrons. The first kappa shape index (κ1) is 17.5. The van der Waals surface area contributed by atoms with E-state index < -0.39 is 5.97 Å². The average Bonchev–Trinajstić information content (AvgIpc) is 3.21. The van der Waals surface area contributed by atoms with Gasteiger partial charge >= 0.3 is 5.97 Å². The van der Waals surface area contributed by atoms with Gasteiger partial charge in [0.1, 0.15) is 0 Å². The van der Waals surface area contributed by atoms with Gasteiger partial charge in [-0.2, -0.15) is 0 Å². The van der Waals surface area contributed by atoms with Crippen molar-refractivity contribution in [3.8, 4) is 5.69 Å². The van der Waals surface area contributed by atoms with Gasteiger partial charge in [-0.1, -0.05) is 17.7 Å². The molecule has 0 spiro atoms. The normalized spacial score (nSPS) is 13.9. The van der Waals surface area contributed by atoms with Gasteiger partial charge in [0.05, 0.1) is 29.3 Å². The van der Waals surface area contributed by atoms with Crippen LogP contribution >= 0.6 is 11.6 Å². The van der Waals surface area contributed by atoms with Gasteiger partial charge in [0.25, 0.3) is 5.56 Å². The van der Waals surface area contributed by atoms with Gasteiger partial charge in [0.15, 0.2) is 0 Å². The predicted molar refractivity (Wildman–Crippen MR) is 105 cm³/mol. The number of fused-ring (bicyclic) bond motifs is 1. The number of anilines is 1. The minimum absolute atomic E-state index is 0.194. The molecule has 2 heterocycles. The Morgan fingerprint density at radius 1 is 1.15 bits per heavy atom. The highest BCUT2D eigenvalue weighted by Gasteiger charge is 2.22. The second-order valence-corrected chi connectivity index (χ2v) is 6.89. The number of hydrogen-bond acceptors (Lipinski definition) is 5. The molecule has 1 aliphatic rings. The Kier molecular flexibility index (Phi) is 4.58. The first-order chi connectivity index (χ1) is 13.1. The predicted octanol–water partition coefficient (Wildman–Crippen LogP) is 3.43. The van der Waals surface area contributed by atoms with Crippen LogP contribution in [0.3, 0.4) is 0 Å². The van der Waals surface area contributed by atoms with E-state index in [0.717, 1.165) is 25.9 Å². The number of halogens is 1. The van der Waals surface area contributed by atoms with Gasteiger partial charge < -0.3 is 9.64 Å². The monoisotopic (exact) mass is 383 g/mol. The third kappa shape index (κ3) is 3.17. The van der Waals surface area contributed by atoms with Gasteiger partial charge in [0, 0.05) is 18.1 Å². The number of esters is 1. The minimum atomic E-state index is -0.458. The van der Waals surface area contributed by atoms with Gasteiger partial charge in [-0.05, 0) is 49.2 Å². The van der Waals surface area contributed by atoms with Gasteiger partial charge in [-0.15, -0.1) is 0 Å². The summed E-state index contributed by atoms with van der Waals surface area (Å²) in [6.07, 6.45) is 2.09. The number of benzene rings is 2. The lowest BCUT2D eigenvalue weighted by atomic mass is 10.1. The molecule has 1 aliphatic heterocycles. The van der Waals surface area contributed by atoms with E-state index >= 15 is 0 Å². The number of ether oxygens (including phenoxy) is 1. The third-order valence-corrected chi connectivity index (χ3v) is 4.96. The summed E-state index contributed by atoms with van der Waals surface area (Å²) in [5.74, 6) is 0.106. The van der Waals surface area contributed by atoms with Gasteiger partial charge in [-0.3, -0.25) is 4.79 Å². The molecule has 27 heavy (non-hydrogen) atoms. The second kappa shape index (κ2) is 7.04. The van der Waals surface area contributed by atoms with Crippen molar-refractivity contribution in [2.24, 2.45) is 0 Å². The van der Waals surface area contributed by atoms with Crippen LogP contribution in [0.15, 0.2) is 47.3 Å². The molecule has 4 rings (SSSR count). The Labute approximate surface area is 161 Å². The van der Waals surface area contributed by atoms with Crippen LogP contribution in [-0.2, 0) is 4.74 Å². The highest BCUT2D eigenvalue weighted by atomic mass is 35.5. The van der Waals surface area contributed by atoms with Crippen molar-refractivity contribution in [1.29, 1.82) is 0 Å². The summed E-state index contributed by atoms with van der Waals surface area (Å²) in [4.78, 5) is 32.0. The molecule has 2 aromatic carbocycles. The molecule has 138 valence electrons. The van der Waals surface area contributed by atoms with E-state index in [-0.39, 0.29) is 5.56 Å². The van der Waals surface area contributed by atoms with Crippen LogP contribution in [0.4, 0.5) is 5.95 Å². The van der Waals surface area contributed by atoms with Crippen LogP contribution in [0.1, 0.15) is 23.2 Å². The fourth-order valence-corrected chi connectivity index (χ4v) is 3.58. The van der Waals surface area contributed by atoms with E-state index in [0.29, 0.717) is 33.1 Å². The highest BCUT2D eigenvalue weighted by Crippen LogP contribution is 2.24. The lowest BCUT2D eigenvalue weighted by Gasteiger charge is -2.22. The molecule has 0 aliphatic carbocycles. The summed E-state index contributed by atoms with van der Waals surface area (Å²) in [5.41, 5.74) is 1.31. The standard InChI is InChI=1S/C20H18ClN3O3/c1-27-19(26)13-7-8-16-17(11-13)22-20(23-9-2-3-10-23)24(18(16)25)15-6-4-5-14(21)12-15/h4-8,11-12H,2-3,9-10H2,1H3. The minimum Gasteiger partial charge on any atom is -0.465 e. The number of aromatic nitrogens is 2. The van der Waals surface area contributed by atoms with Crippen molar-refractivity contribution in [3.63, 3.8) is 0 Å². The molecule has 0 saturated carbocycles. The van der Waals surface area contributed by atoms with Crippen LogP contribution in [0, 0.1) is 0 Å². The fourth-order valence-electron chi connectivity index (χ4n) is 3.40. The van der Waals surface area contributed by atoms with Crippen molar-refractivity contribution in [3.05, 3.63) is 63.4 Å². The van der Waals surface area contributed by atoms with E-state index in [2.05, 4.69) is 4.90 Å². The zero-order valence-corrected chi connectivity index (χ0v) is 15.6. The van der Waals surface area contributed by atoms with E-state index in [9.17, 15) is 9.59 Å². The average molecular weight is 384 g/mol. The molecule has 1 fully saturated rings. The Hall–Kier alpha value is -2.86. The van der Waals surface area contributed by atoms with Crippen molar-refractivity contribution < 1.29 is 9.53 Å². The maximum Gasteiger partial charge on any atom is 0.337 e. The summed E-state index contributed by atoms with van der Waals surface area (Å²) in [6.45, 7) is 1.66. The van der Waals surface area contributed by atoms with E-state index in [4.69, 9.17) is 21.3 Å². The first-order valence-corrected chi connectivity index (χ1v) is 9.12. The van der Waals surface area contributed by atoms with Crippen LogP contribution in [0.5, 0.6) is 0 Å². The van der Waals surface area contributed by atoms with Crippen LogP contribution < -0.4 is 10.5 Å². The van der Waals surface area contributed by atoms with Crippen LogP contribution in [0.25, 0.3) is 16.6 Å². The number of methoxy groups -OCH3 is 1. The lowest BCUT2D eigenvalue weighted by molar-refractivity contribution is 0.0601. The molecular formula is C20H18ClN3O3. The first-order valence-electron chi connectivity index (χ1n) is 8.74. The van der Waals surface area contributed by atoms with Crippen molar-refractivity contribution in [2.75, 3.05) is 25.1 Å². The number of carbonyl (C=O) groups excluding carboxylic acids is 1. The maximum atomic E-state index is 13.3. The summed E-state index contributed by atoms with van der Waals surface area (Å²) >= 11 is 6.15. The van der Waals surface area contributed by atoms with Crippen LogP contribution in [0.2, 0.25) is 5.02 Å². The van der Waals surface area contributed by atoms with Crippen molar-refractivity contribution in [2.45, 2.75) is 12.8 Å². The number of nitrogens with zero attached hydrogens (tertiary/aromatic N) is 3. The second-order valence-electron chi connectivity index (χ2n) is 6.45. The quantitative estimate of drug-likeness (QED) is 0.648. The Balaban J connectivity index is 2.00. The molecule has 0 N–H and O–H groups in total. The summed E-state index contributed by atoms with van der Waals surface area (Å²) in [6, 6.07) is 12.0. The molecule has 0 atom stereocenters. The Morgan fingerprint density at radius 2 is 1.93 bits per heavy atom. The molecule has 0 bridgehead atoms. The largest absolute Gasteiger partial charge is 0.465 e. The number of rotatable bonds is 3. The molecule has 0 amide bonds. The molecule has 1 saturated heterocycles. The van der Waals surface area contributed by atoms with Crippen molar-refractivity contribution in [1.82, 2.24) is 9.55 Å². The van der Waals surface area contributed by atoms with Gasteiger partial charge in [0.2, 0.25) is 5.95 Å². The molecule has 1 aromatic heterocycles. The Bertz CT molecular complexity index is 1090.